The number of amides is 3. The van der Waals surface area contributed by atoms with E-state index in [1.807, 2.05) is 0 Å². The highest BCUT2D eigenvalue weighted by atomic mass is 16.7. The predicted octanol–water partition coefficient (Wildman–Crippen LogP) is 2.98. The lowest BCUT2D eigenvalue weighted by Gasteiger charge is -2.21. The molecule has 0 aromatic heterocycles. The summed E-state index contributed by atoms with van der Waals surface area (Å²) in [5.74, 6) is 1.45. The van der Waals surface area contributed by atoms with Crippen molar-refractivity contribution in [3.63, 3.8) is 0 Å². The summed E-state index contributed by atoms with van der Waals surface area (Å²) >= 11 is 0. The molecule has 196 valence electrons. The van der Waals surface area contributed by atoms with Gasteiger partial charge >= 0.3 is 6.16 Å². The van der Waals surface area contributed by atoms with E-state index in [2.05, 4.69) is 21.9 Å². The molecule has 5 N–H and O–H groups in total. The fourth-order valence-electron chi connectivity index (χ4n) is 3.10. The molecule has 0 aliphatic heterocycles. The molecule has 37 heavy (non-hydrogen) atoms. The Balaban J connectivity index is 1.76. The Hall–Kier alpha value is -4.52. The van der Waals surface area contributed by atoms with Crippen LogP contribution in [0.15, 0.2) is 48.5 Å². The molecule has 3 amide bonds. The third-order valence-corrected chi connectivity index (χ3v) is 5.09. The largest absolute Gasteiger partial charge is 0.514 e. The molecule has 0 saturated carbocycles. The van der Waals surface area contributed by atoms with Crippen molar-refractivity contribution in [1.29, 1.82) is 0 Å². The third kappa shape index (κ3) is 10.7. The van der Waals surface area contributed by atoms with Gasteiger partial charge < -0.3 is 31.2 Å². The maximum absolute atomic E-state index is 12.5. The second-order valence-electron chi connectivity index (χ2n) is 8.52. The molecule has 2 aromatic rings. The van der Waals surface area contributed by atoms with Crippen molar-refractivity contribution in [3.05, 3.63) is 54.1 Å². The van der Waals surface area contributed by atoms with Crippen LogP contribution in [0.2, 0.25) is 0 Å². The molecule has 0 spiro atoms. The first-order chi connectivity index (χ1) is 17.7. The lowest BCUT2D eigenvalue weighted by atomic mass is 10.0. The van der Waals surface area contributed by atoms with Crippen LogP contribution in [0.4, 0.5) is 16.2 Å². The van der Waals surface area contributed by atoms with Gasteiger partial charge in [-0.05, 0) is 54.3 Å². The van der Waals surface area contributed by atoms with Crippen molar-refractivity contribution in [2.24, 2.45) is 5.92 Å². The van der Waals surface area contributed by atoms with Gasteiger partial charge in [0, 0.05) is 24.2 Å². The molecule has 0 radical (unpaired) electrons. The molecular weight excluding hydrogens is 476 g/mol. The number of anilines is 2. The zero-order chi connectivity index (χ0) is 27.2. The van der Waals surface area contributed by atoms with Crippen LogP contribution in [-0.2, 0) is 25.7 Å². The summed E-state index contributed by atoms with van der Waals surface area (Å²) in [6.07, 6.45) is 5.57. The number of carbonyl (C=O) groups excluding carboxylic acids is 4. The Kier molecular flexibility index (Phi) is 11.5. The van der Waals surface area contributed by atoms with Crippen LogP contribution in [-0.4, -0.2) is 36.5 Å². The van der Waals surface area contributed by atoms with E-state index in [9.17, 15) is 19.2 Å². The fraction of sp³-hybridized carbons (Fsp3) is 0.333. The lowest BCUT2D eigenvalue weighted by molar-refractivity contribution is -0.130. The van der Waals surface area contributed by atoms with Crippen LogP contribution in [0.1, 0.15) is 38.7 Å². The molecule has 0 bridgehead atoms. The quantitative estimate of drug-likeness (QED) is 0.113. The van der Waals surface area contributed by atoms with Gasteiger partial charge in [0.25, 0.3) is 0 Å². The average Bonchev–Trinajstić information content (AvgIpc) is 2.87. The van der Waals surface area contributed by atoms with Gasteiger partial charge in [-0.15, -0.1) is 12.3 Å². The molecule has 0 aliphatic carbocycles. The molecule has 10 nitrogen and oxygen atoms in total. The number of terminal acetylenes is 1. The third-order valence-electron chi connectivity index (χ3n) is 5.09. The Morgan fingerprint density at radius 3 is 2.30 bits per heavy atom. The summed E-state index contributed by atoms with van der Waals surface area (Å²) in [5.41, 5.74) is 7.31. The van der Waals surface area contributed by atoms with Crippen molar-refractivity contribution in [1.82, 2.24) is 10.6 Å². The number of unbranched alkanes of at least 4 members (excludes halogenated alkanes) is 1. The predicted molar refractivity (Wildman–Crippen MR) is 139 cm³/mol. The van der Waals surface area contributed by atoms with Crippen LogP contribution in [0.5, 0.6) is 5.75 Å². The average molecular weight is 509 g/mol. The van der Waals surface area contributed by atoms with Crippen molar-refractivity contribution >= 4 is 35.3 Å². The second-order valence-corrected chi connectivity index (χ2v) is 8.52. The van der Waals surface area contributed by atoms with Gasteiger partial charge in [0.05, 0.1) is 6.54 Å². The smallest absolute Gasteiger partial charge is 0.429 e. The highest BCUT2D eigenvalue weighted by Crippen LogP contribution is 2.15. The molecule has 1 atom stereocenters. The van der Waals surface area contributed by atoms with E-state index in [-0.39, 0.29) is 31.4 Å². The minimum atomic E-state index is -0.860. The summed E-state index contributed by atoms with van der Waals surface area (Å²) in [5, 5.41) is 7.90. The normalized spacial score (nSPS) is 11.1. The number of hydrogen-bond acceptors (Lipinski definition) is 7. The summed E-state index contributed by atoms with van der Waals surface area (Å²) < 4.78 is 10.1. The molecule has 0 saturated heterocycles. The molecule has 1 unspecified atom stereocenters. The van der Waals surface area contributed by atoms with E-state index in [1.165, 1.54) is 0 Å². The van der Waals surface area contributed by atoms with Crippen LogP contribution in [0.3, 0.4) is 0 Å². The van der Waals surface area contributed by atoms with Crippen molar-refractivity contribution in [3.8, 4) is 18.1 Å². The SMILES string of the molecule is C#CCCCC(=O)NC(C(=O)NCC(=O)Nc1ccc(COC(=O)Oc2ccc(N)cc2)cc1)C(C)C. The molecule has 2 aromatic carbocycles. The summed E-state index contributed by atoms with van der Waals surface area (Å²) in [7, 11) is 0. The molecule has 0 aliphatic rings. The Bertz CT molecular complexity index is 1110. The van der Waals surface area contributed by atoms with E-state index >= 15 is 0 Å². The van der Waals surface area contributed by atoms with Crippen LogP contribution < -0.4 is 26.4 Å². The van der Waals surface area contributed by atoms with E-state index in [0.29, 0.717) is 35.5 Å². The van der Waals surface area contributed by atoms with Gasteiger partial charge in [0.2, 0.25) is 17.7 Å². The topological polar surface area (TPSA) is 149 Å². The van der Waals surface area contributed by atoms with Crippen LogP contribution >= 0.6 is 0 Å². The van der Waals surface area contributed by atoms with Gasteiger partial charge in [-0.25, -0.2) is 4.79 Å². The molecule has 10 heteroatoms. The number of nitrogens with one attached hydrogen (secondary N) is 3. The zero-order valence-electron chi connectivity index (χ0n) is 20.9. The van der Waals surface area contributed by atoms with Crippen LogP contribution in [0.25, 0.3) is 0 Å². The number of rotatable bonds is 12. The minimum absolute atomic E-state index is 0.0247. The maximum atomic E-state index is 12.5. The minimum Gasteiger partial charge on any atom is -0.429 e. The maximum Gasteiger partial charge on any atom is 0.514 e. The molecular formula is C27H32N4O6. The first kappa shape index (κ1) is 28.7. The molecule has 0 fully saturated rings. The van der Waals surface area contributed by atoms with E-state index in [4.69, 9.17) is 21.6 Å². The van der Waals surface area contributed by atoms with Crippen LogP contribution in [0, 0.1) is 18.3 Å². The number of carbonyl (C=O) groups is 4. The van der Waals surface area contributed by atoms with Gasteiger partial charge in [-0.1, -0.05) is 26.0 Å². The standard InChI is InChI=1S/C27H32N4O6/c1-4-5-6-7-23(32)31-25(18(2)3)26(34)29-16-24(33)30-21-12-8-19(9-13-21)17-36-27(35)37-22-14-10-20(28)11-15-22/h1,8-15,18,25H,5-7,16-17,28H2,2-3H3,(H,29,34)(H,30,33)(H,31,32). The summed E-state index contributed by atoms with van der Waals surface area (Å²) in [6.45, 7) is 3.31. The lowest BCUT2D eigenvalue weighted by Crippen LogP contribution is -2.51. The number of nitrogens with two attached hydrogens (primary N) is 1. The first-order valence-corrected chi connectivity index (χ1v) is 11.8. The van der Waals surface area contributed by atoms with Gasteiger partial charge in [0.15, 0.2) is 0 Å². The summed E-state index contributed by atoms with van der Waals surface area (Å²) in [6, 6.07) is 12.2. The van der Waals surface area contributed by atoms with Gasteiger partial charge in [0.1, 0.15) is 18.4 Å². The molecule has 2 rings (SSSR count). The Morgan fingerprint density at radius 1 is 1.00 bits per heavy atom. The monoisotopic (exact) mass is 508 g/mol. The highest BCUT2D eigenvalue weighted by molar-refractivity contribution is 5.96. The van der Waals surface area contributed by atoms with E-state index < -0.39 is 24.0 Å². The summed E-state index contributed by atoms with van der Waals surface area (Å²) in [4.78, 5) is 48.7. The van der Waals surface area contributed by atoms with E-state index in [1.54, 1.807) is 62.4 Å². The Morgan fingerprint density at radius 2 is 1.68 bits per heavy atom. The number of hydrogen-bond donors (Lipinski definition) is 4. The van der Waals surface area contributed by atoms with Crippen molar-refractivity contribution in [2.75, 3.05) is 17.6 Å². The fourth-order valence-corrected chi connectivity index (χ4v) is 3.10. The number of benzene rings is 2. The number of ether oxygens (including phenoxy) is 2. The highest BCUT2D eigenvalue weighted by Gasteiger charge is 2.24. The molecule has 0 heterocycles. The first-order valence-electron chi connectivity index (χ1n) is 11.8. The Labute approximate surface area is 216 Å². The van der Waals surface area contributed by atoms with Crippen molar-refractivity contribution in [2.45, 2.75) is 45.8 Å². The van der Waals surface area contributed by atoms with E-state index in [0.717, 1.165) is 0 Å². The van der Waals surface area contributed by atoms with Crippen molar-refractivity contribution < 1.29 is 28.7 Å². The number of nitrogen functional groups attached to an aromatic ring is 1. The second kappa shape index (κ2) is 14.8. The van der Waals surface area contributed by atoms with Gasteiger partial charge in [-0.2, -0.15) is 0 Å². The van der Waals surface area contributed by atoms with Gasteiger partial charge in [-0.3, -0.25) is 14.4 Å². The zero-order valence-corrected chi connectivity index (χ0v) is 20.9.